The molecule has 0 saturated carbocycles. The maximum atomic E-state index is 9.72. The molecule has 0 heterocycles. The molecule has 0 aliphatic heterocycles. The van der Waals surface area contributed by atoms with Gasteiger partial charge in [-0.25, -0.2) is 0 Å². The second-order valence-electron chi connectivity index (χ2n) is 7.08. The molecule has 0 spiro atoms. The summed E-state index contributed by atoms with van der Waals surface area (Å²) in [5, 5.41) is 9.72. The van der Waals surface area contributed by atoms with Crippen molar-refractivity contribution in [1.82, 2.24) is 4.90 Å². The molecule has 0 radical (unpaired) electrons. The molecule has 29 heavy (non-hydrogen) atoms. The normalized spacial score (nSPS) is 12.0. The van der Waals surface area contributed by atoms with Gasteiger partial charge in [-0.1, -0.05) is 54.6 Å². The Kier molecular flexibility index (Phi) is 7.34. The molecule has 3 rings (SSSR count). The Morgan fingerprint density at radius 2 is 1.41 bits per heavy atom. The van der Waals surface area contributed by atoms with Crippen LogP contribution in [-0.4, -0.2) is 43.1 Å². The van der Waals surface area contributed by atoms with E-state index in [-0.39, 0.29) is 5.75 Å². The highest BCUT2D eigenvalue weighted by molar-refractivity contribution is 6.25. The lowest BCUT2D eigenvalue weighted by Crippen LogP contribution is -2.19. The summed E-state index contributed by atoms with van der Waals surface area (Å²) in [6, 6.07) is 25.5. The summed E-state index contributed by atoms with van der Waals surface area (Å²) < 4.78 is 5.83. The van der Waals surface area contributed by atoms with Crippen LogP contribution in [0.4, 0.5) is 0 Å². The van der Waals surface area contributed by atoms with Crippen LogP contribution >= 0.6 is 11.6 Å². The highest BCUT2D eigenvalue weighted by Gasteiger charge is 2.14. The zero-order valence-electron chi connectivity index (χ0n) is 16.8. The van der Waals surface area contributed by atoms with Crippen LogP contribution in [0.25, 0.3) is 11.1 Å². The predicted molar refractivity (Wildman–Crippen MR) is 122 cm³/mol. The van der Waals surface area contributed by atoms with Crippen molar-refractivity contribution in [3.8, 4) is 11.5 Å². The number of alkyl halides is 1. The third-order valence-electron chi connectivity index (χ3n) is 4.66. The summed E-state index contributed by atoms with van der Waals surface area (Å²) in [6.45, 7) is 1.51. The Labute approximate surface area is 177 Å². The molecule has 0 fully saturated rings. The number of phenols is 1. The first-order valence-electron chi connectivity index (χ1n) is 9.60. The number of likely N-dealkylation sites (N-methyl/N-ethyl adjacent to an activating group) is 1. The van der Waals surface area contributed by atoms with E-state index in [0.717, 1.165) is 40.1 Å². The van der Waals surface area contributed by atoms with Crippen LogP contribution < -0.4 is 4.74 Å². The SMILES string of the molecule is CN(C)CCOc1ccc(/C(=C(/CCl)c2ccccc2)c2ccc(O)cc2)cc1. The van der Waals surface area contributed by atoms with E-state index < -0.39 is 0 Å². The molecule has 0 amide bonds. The summed E-state index contributed by atoms with van der Waals surface area (Å²) in [4.78, 5) is 2.09. The lowest BCUT2D eigenvalue weighted by molar-refractivity contribution is 0.261. The Bertz CT molecular complexity index is 933. The molecule has 1 N–H and O–H groups in total. The first-order chi connectivity index (χ1) is 14.1. The van der Waals surface area contributed by atoms with Crippen molar-refractivity contribution in [2.75, 3.05) is 33.1 Å². The summed E-state index contributed by atoms with van der Waals surface area (Å²) in [6.07, 6.45) is 0. The second kappa shape index (κ2) is 10.1. The number of aromatic hydroxyl groups is 1. The van der Waals surface area contributed by atoms with Crippen LogP contribution in [0.1, 0.15) is 16.7 Å². The van der Waals surface area contributed by atoms with Crippen molar-refractivity contribution in [2.24, 2.45) is 0 Å². The maximum absolute atomic E-state index is 9.72. The van der Waals surface area contributed by atoms with Gasteiger partial charge in [0.1, 0.15) is 18.1 Å². The Morgan fingerprint density at radius 3 is 1.97 bits per heavy atom. The minimum absolute atomic E-state index is 0.241. The Hall–Kier alpha value is -2.75. The van der Waals surface area contributed by atoms with Gasteiger partial charge in [0.2, 0.25) is 0 Å². The second-order valence-corrected chi connectivity index (χ2v) is 7.34. The number of rotatable bonds is 8. The molecule has 0 saturated heterocycles. The first kappa shape index (κ1) is 21.0. The lowest BCUT2D eigenvalue weighted by atomic mass is 9.90. The predicted octanol–water partition coefficient (Wildman–Crippen LogP) is 5.53. The maximum Gasteiger partial charge on any atom is 0.119 e. The fraction of sp³-hybridized carbons (Fsp3) is 0.200. The van der Waals surface area contributed by atoms with Crippen molar-refractivity contribution in [3.05, 3.63) is 95.6 Å². The topological polar surface area (TPSA) is 32.7 Å². The summed E-state index contributed by atoms with van der Waals surface area (Å²) in [5.41, 5.74) is 5.22. The van der Waals surface area contributed by atoms with Gasteiger partial charge in [-0.05, 0) is 66.2 Å². The number of hydrogen-bond acceptors (Lipinski definition) is 3. The molecule has 3 aromatic carbocycles. The van der Waals surface area contributed by atoms with Crippen molar-refractivity contribution >= 4 is 22.7 Å². The average molecular weight is 408 g/mol. The van der Waals surface area contributed by atoms with Gasteiger partial charge in [-0.15, -0.1) is 11.6 Å². The summed E-state index contributed by atoms with van der Waals surface area (Å²) in [7, 11) is 4.05. The van der Waals surface area contributed by atoms with Gasteiger partial charge >= 0.3 is 0 Å². The van der Waals surface area contributed by atoms with Gasteiger partial charge in [-0.3, -0.25) is 0 Å². The third kappa shape index (κ3) is 5.63. The van der Waals surface area contributed by atoms with Crippen molar-refractivity contribution < 1.29 is 9.84 Å². The van der Waals surface area contributed by atoms with Crippen LogP contribution in [0, 0.1) is 0 Å². The fourth-order valence-electron chi connectivity index (χ4n) is 3.13. The standard InChI is InChI=1S/C25H26ClNO2/c1-27(2)16-17-29-23-14-10-21(11-15-23)25(20-8-12-22(28)13-9-20)24(18-26)19-6-4-3-5-7-19/h3-15,28H,16-18H2,1-2H3/b25-24-. The molecule has 0 aromatic heterocycles. The van der Waals surface area contributed by atoms with E-state index in [1.165, 1.54) is 0 Å². The highest BCUT2D eigenvalue weighted by atomic mass is 35.5. The van der Waals surface area contributed by atoms with Gasteiger partial charge in [0.05, 0.1) is 0 Å². The number of hydrogen-bond donors (Lipinski definition) is 1. The zero-order chi connectivity index (χ0) is 20.6. The van der Waals surface area contributed by atoms with E-state index in [1.807, 2.05) is 56.6 Å². The number of halogens is 1. The van der Waals surface area contributed by atoms with Gasteiger partial charge in [0.15, 0.2) is 0 Å². The Morgan fingerprint density at radius 1 is 0.828 bits per heavy atom. The van der Waals surface area contributed by atoms with Gasteiger partial charge in [0, 0.05) is 12.4 Å². The monoisotopic (exact) mass is 407 g/mol. The van der Waals surface area contributed by atoms with Gasteiger partial charge in [-0.2, -0.15) is 0 Å². The highest BCUT2D eigenvalue weighted by Crippen LogP contribution is 2.34. The molecule has 150 valence electrons. The first-order valence-corrected chi connectivity index (χ1v) is 10.1. The minimum Gasteiger partial charge on any atom is -0.508 e. The van der Waals surface area contributed by atoms with E-state index in [9.17, 15) is 5.11 Å². The summed E-state index contributed by atoms with van der Waals surface area (Å²) >= 11 is 6.42. The fourth-order valence-corrected chi connectivity index (χ4v) is 3.42. The number of phenolic OH excluding ortho intramolecular Hbond substituents is 1. The molecular formula is C25H26ClNO2. The van der Waals surface area contributed by atoms with Crippen molar-refractivity contribution in [2.45, 2.75) is 0 Å². The van der Waals surface area contributed by atoms with Crippen LogP contribution in [-0.2, 0) is 0 Å². The molecule has 4 heteroatoms. The minimum atomic E-state index is 0.241. The van der Waals surface area contributed by atoms with Crippen LogP contribution in [0.5, 0.6) is 11.5 Å². The molecule has 3 aromatic rings. The van der Waals surface area contributed by atoms with Crippen LogP contribution in [0.3, 0.4) is 0 Å². The van der Waals surface area contributed by atoms with E-state index in [1.54, 1.807) is 12.1 Å². The number of nitrogens with zero attached hydrogens (tertiary/aromatic N) is 1. The summed E-state index contributed by atoms with van der Waals surface area (Å²) in [5.74, 6) is 1.46. The Balaban J connectivity index is 2.02. The molecule has 0 aliphatic carbocycles. The van der Waals surface area contributed by atoms with Crippen LogP contribution in [0.2, 0.25) is 0 Å². The molecule has 0 unspecified atom stereocenters. The van der Waals surface area contributed by atoms with Gasteiger partial charge in [0.25, 0.3) is 0 Å². The quantitative estimate of drug-likeness (QED) is 0.393. The third-order valence-corrected chi connectivity index (χ3v) is 4.93. The lowest BCUT2D eigenvalue weighted by Gasteiger charge is -2.16. The smallest absolute Gasteiger partial charge is 0.119 e. The molecular weight excluding hydrogens is 382 g/mol. The van der Waals surface area contributed by atoms with E-state index in [2.05, 4.69) is 29.2 Å². The number of benzene rings is 3. The zero-order valence-corrected chi connectivity index (χ0v) is 17.6. The van der Waals surface area contributed by atoms with E-state index >= 15 is 0 Å². The van der Waals surface area contributed by atoms with Crippen molar-refractivity contribution in [1.29, 1.82) is 0 Å². The largest absolute Gasteiger partial charge is 0.508 e. The van der Waals surface area contributed by atoms with Crippen molar-refractivity contribution in [3.63, 3.8) is 0 Å². The number of ether oxygens (including phenoxy) is 1. The molecule has 0 aliphatic rings. The van der Waals surface area contributed by atoms with Crippen LogP contribution in [0.15, 0.2) is 78.9 Å². The van der Waals surface area contributed by atoms with E-state index in [0.29, 0.717) is 12.5 Å². The van der Waals surface area contributed by atoms with Gasteiger partial charge < -0.3 is 14.7 Å². The molecule has 0 atom stereocenters. The van der Waals surface area contributed by atoms with E-state index in [4.69, 9.17) is 16.3 Å². The number of allylic oxidation sites excluding steroid dienone is 1. The molecule has 3 nitrogen and oxygen atoms in total. The average Bonchev–Trinajstić information content (AvgIpc) is 2.74. The molecule has 0 bridgehead atoms.